The summed E-state index contributed by atoms with van der Waals surface area (Å²) in [6.07, 6.45) is 2.09. The Morgan fingerprint density at radius 1 is 1.25 bits per heavy atom. The Morgan fingerprint density at radius 3 is 2.65 bits per heavy atom. The van der Waals surface area contributed by atoms with E-state index in [1.165, 1.54) is 5.69 Å². The van der Waals surface area contributed by atoms with Gasteiger partial charge in [0.25, 0.3) is 0 Å². The van der Waals surface area contributed by atoms with Crippen LogP contribution >= 0.6 is 0 Å². The van der Waals surface area contributed by atoms with Gasteiger partial charge in [0.2, 0.25) is 0 Å². The number of fused-ring (bicyclic) bond motifs is 1. The predicted molar refractivity (Wildman–Crippen MR) is 85.3 cm³/mol. The molecular weight excluding hydrogens is 248 g/mol. The maximum Gasteiger partial charge on any atom is 0.152 e. The summed E-state index contributed by atoms with van der Waals surface area (Å²) in [7, 11) is 2.13. The topological polar surface area (TPSA) is 32.6 Å². The van der Waals surface area contributed by atoms with Crippen LogP contribution in [0.15, 0.2) is 24.4 Å². The third-order valence-electron chi connectivity index (χ3n) is 3.29. The molecular formula is C16H26N4. The average Bonchev–Trinajstić information content (AvgIpc) is 2.74. The second-order valence-electron chi connectivity index (χ2n) is 6.12. The van der Waals surface area contributed by atoms with E-state index in [4.69, 9.17) is 4.98 Å². The third kappa shape index (κ3) is 3.31. The van der Waals surface area contributed by atoms with Crippen LogP contribution in [0.2, 0.25) is 0 Å². The van der Waals surface area contributed by atoms with Gasteiger partial charge in [0, 0.05) is 32.4 Å². The highest BCUT2D eigenvalue weighted by Gasteiger charge is 2.16. The Kier molecular flexibility index (Phi) is 4.65. The highest BCUT2D eigenvalue weighted by atomic mass is 15.2. The number of nitrogens with zero attached hydrogens (tertiary/aromatic N) is 3. The highest BCUT2D eigenvalue weighted by molar-refractivity contribution is 5.55. The van der Waals surface area contributed by atoms with E-state index in [-0.39, 0.29) is 0 Å². The van der Waals surface area contributed by atoms with Crippen LogP contribution in [0.1, 0.15) is 33.4 Å². The lowest BCUT2D eigenvalue weighted by molar-refractivity contribution is 0.576. The molecule has 0 saturated carbocycles. The maximum atomic E-state index is 4.79. The van der Waals surface area contributed by atoms with E-state index in [0.29, 0.717) is 12.0 Å². The van der Waals surface area contributed by atoms with Gasteiger partial charge in [0.15, 0.2) is 5.82 Å². The van der Waals surface area contributed by atoms with Crippen molar-refractivity contribution in [2.75, 3.05) is 18.5 Å². The second kappa shape index (κ2) is 6.27. The Hall–Kier alpha value is -1.55. The second-order valence-corrected chi connectivity index (χ2v) is 6.12. The zero-order valence-corrected chi connectivity index (χ0v) is 13.2. The first-order valence-corrected chi connectivity index (χ1v) is 7.39. The number of rotatable bonds is 6. The molecule has 2 rings (SSSR count). The van der Waals surface area contributed by atoms with E-state index >= 15 is 0 Å². The first-order chi connectivity index (χ1) is 9.49. The molecule has 2 heterocycles. The van der Waals surface area contributed by atoms with Crippen LogP contribution in [0, 0.1) is 5.92 Å². The van der Waals surface area contributed by atoms with E-state index in [0.717, 1.165) is 24.6 Å². The zero-order valence-electron chi connectivity index (χ0n) is 13.2. The summed E-state index contributed by atoms with van der Waals surface area (Å²) < 4.78 is 2.18. The molecule has 0 amide bonds. The number of pyridine rings is 1. The average molecular weight is 274 g/mol. The molecule has 20 heavy (non-hydrogen) atoms. The Balaban J connectivity index is 2.38. The molecule has 0 unspecified atom stereocenters. The van der Waals surface area contributed by atoms with Gasteiger partial charge in [-0.1, -0.05) is 33.8 Å². The molecule has 4 nitrogen and oxygen atoms in total. The molecule has 0 aromatic carbocycles. The van der Waals surface area contributed by atoms with Gasteiger partial charge >= 0.3 is 0 Å². The lowest BCUT2D eigenvalue weighted by atomic mass is 10.2. The van der Waals surface area contributed by atoms with Gasteiger partial charge in [-0.15, -0.1) is 0 Å². The van der Waals surface area contributed by atoms with Crippen LogP contribution in [-0.2, 0) is 6.54 Å². The summed E-state index contributed by atoms with van der Waals surface area (Å²) in [6, 6.07) is 6.62. The van der Waals surface area contributed by atoms with Crippen LogP contribution in [0.4, 0.5) is 5.82 Å². The van der Waals surface area contributed by atoms with Crippen molar-refractivity contribution in [2.24, 2.45) is 5.92 Å². The molecule has 0 bridgehead atoms. The number of nitrogens with one attached hydrogen (secondary N) is 1. The highest BCUT2D eigenvalue weighted by Crippen LogP contribution is 2.21. The van der Waals surface area contributed by atoms with E-state index in [1.54, 1.807) is 0 Å². The van der Waals surface area contributed by atoms with E-state index in [9.17, 15) is 0 Å². The number of hydrogen-bond acceptors (Lipinski definition) is 3. The zero-order chi connectivity index (χ0) is 14.7. The number of aromatic nitrogens is 2. The van der Waals surface area contributed by atoms with Crippen molar-refractivity contribution in [3.63, 3.8) is 0 Å². The SMILES string of the molecule is CC(C)CN(C)c1nc2ccccn2c1CNC(C)C. The fourth-order valence-corrected chi connectivity index (χ4v) is 2.44. The van der Waals surface area contributed by atoms with Gasteiger partial charge in [-0.25, -0.2) is 4.98 Å². The van der Waals surface area contributed by atoms with Crippen LogP contribution in [-0.4, -0.2) is 29.0 Å². The lowest BCUT2D eigenvalue weighted by Crippen LogP contribution is -2.27. The van der Waals surface area contributed by atoms with Crippen LogP contribution < -0.4 is 10.2 Å². The Bertz CT molecular complexity index is 557. The van der Waals surface area contributed by atoms with Crippen LogP contribution in [0.3, 0.4) is 0 Å². The molecule has 0 atom stereocenters. The van der Waals surface area contributed by atoms with Gasteiger partial charge in [-0.3, -0.25) is 0 Å². The van der Waals surface area contributed by atoms with Crippen molar-refractivity contribution in [3.8, 4) is 0 Å². The van der Waals surface area contributed by atoms with Crippen molar-refractivity contribution in [1.82, 2.24) is 14.7 Å². The van der Waals surface area contributed by atoms with Crippen molar-refractivity contribution in [1.29, 1.82) is 0 Å². The fourth-order valence-electron chi connectivity index (χ4n) is 2.44. The molecule has 0 saturated heterocycles. The summed E-state index contributed by atoms with van der Waals surface area (Å²) in [5.74, 6) is 1.70. The van der Waals surface area contributed by atoms with Crippen molar-refractivity contribution in [3.05, 3.63) is 30.1 Å². The molecule has 0 aliphatic rings. The first kappa shape index (κ1) is 14.9. The molecule has 4 heteroatoms. The summed E-state index contributed by atoms with van der Waals surface area (Å²) in [4.78, 5) is 7.05. The molecule has 0 fully saturated rings. The third-order valence-corrected chi connectivity index (χ3v) is 3.29. The summed E-state index contributed by atoms with van der Waals surface area (Å²) in [6.45, 7) is 10.7. The smallest absolute Gasteiger partial charge is 0.152 e. The fraction of sp³-hybridized carbons (Fsp3) is 0.562. The minimum Gasteiger partial charge on any atom is -0.358 e. The van der Waals surface area contributed by atoms with E-state index in [2.05, 4.69) is 67.7 Å². The molecule has 110 valence electrons. The Labute approximate surface area is 121 Å². The molecule has 0 aliphatic carbocycles. The van der Waals surface area contributed by atoms with E-state index < -0.39 is 0 Å². The number of hydrogen-bond donors (Lipinski definition) is 1. The quantitative estimate of drug-likeness (QED) is 0.879. The normalized spacial score (nSPS) is 11.8. The predicted octanol–water partition coefficient (Wildman–Crippen LogP) is 2.92. The molecule has 1 N–H and O–H groups in total. The molecule has 0 spiro atoms. The van der Waals surface area contributed by atoms with Gasteiger partial charge < -0.3 is 14.6 Å². The van der Waals surface area contributed by atoms with Crippen LogP contribution in [0.5, 0.6) is 0 Å². The van der Waals surface area contributed by atoms with Gasteiger partial charge in [-0.2, -0.15) is 0 Å². The minimum atomic E-state index is 0.465. The van der Waals surface area contributed by atoms with Gasteiger partial charge in [0.1, 0.15) is 5.65 Å². The lowest BCUT2D eigenvalue weighted by Gasteiger charge is -2.21. The summed E-state index contributed by atoms with van der Waals surface area (Å²) in [5.41, 5.74) is 2.25. The van der Waals surface area contributed by atoms with E-state index in [1.807, 2.05) is 6.07 Å². The standard InChI is InChI=1S/C16H26N4/c1-12(2)11-19(5)16-14(10-17-13(3)4)20-9-7-6-8-15(20)18-16/h6-9,12-13,17H,10-11H2,1-5H3. The number of anilines is 1. The maximum absolute atomic E-state index is 4.79. The first-order valence-electron chi connectivity index (χ1n) is 7.39. The van der Waals surface area contributed by atoms with Crippen molar-refractivity contribution in [2.45, 2.75) is 40.3 Å². The summed E-state index contributed by atoms with van der Waals surface area (Å²) in [5, 5.41) is 3.50. The summed E-state index contributed by atoms with van der Waals surface area (Å²) >= 11 is 0. The number of imidazole rings is 1. The largest absolute Gasteiger partial charge is 0.358 e. The van der Waals surface area contributed by atoms with Gasteiger partial charge in [0.05, 0.1) is 5.69 Å². The molecule has 0 aliphatic heterocycles. The van der Waals surface area contributed by atoms with Crippen molar-refractivity contribution >= 4 is 11.5 Å². The van der Waals surface area contributed by atoms with Gasteiger partial charge in [-0.05, 0) is 18.1 Å². The monoisotopic (exact) mass is 274 g/mol. The minimum absolute atomic E-state index is 0.465. The van der Waals surface area contributed by atoms with Crippen LogP contribution in [0.25, 0.3) is 5.65 Å². The molecule has 2 aromatic rings. The Morgan fingerprint density at radius 2 is 2.00 bits per heavy atom. The van der Waals surface area contributed by atoms with Crippen molar-refractivity contribution < 1.29 is 0 Å². The molecule has 0 radical (unpaired) electrons. The molecule has 2 aromatic heterocycles.